The Kier molecular flexibility index (Phi) is 6.06. The summed E-state index contributed by atoms with van der Waals surface area (Å²) in [5.74, 6) is -0.0467. The number of amides is 2. The number of aromatic nitrogens is 1. The molecule has 7 heteroatoms. The summed E-state index contributed by atoms with van der Waals surface area (Å²) >= 11 is 1.68. The van der Waals surface area contributed by atoms with E-state index in [1.54, 1.807) is 11.3 Å². The number of thiazole rings is 1. The fraction of sp³-hybridized carbons (Fsp3) is 0.722. The molecule has 1 saturated carbocycles. The molecule has 2 N–H and O–H groups in total. The lowest BCUT2D eigenvalue weighted by molar-refractivity contribution is -0.135. The second-order valence-electron chi connectivity index (χ2n) is 7.04. The van der Waals surface area contributed by atoms with Crippen LogP contribution in [0.3, 0.4) is 0 Å². The van der Waals surface area contributed by atoms with Crippen LogP contribution in [0.2, 0.25) is 0 Å². The van der Waals surface area contributed by atoms with Gasteiger partial charge in [0.1, 0.15) is 0 Å². The van der Waals surface area contributed by atoms with Gasteiger partial charge in [-0.1, -0.05) is 12.8 Å². The molecule has 1 saturated heterocycles. The van der Waals surface area contributed by atoms with Crippen LogP contribution in [0.15, 0.2) is 0 Å². The first kappa shape index (κ1) is 18.3. The van der Waals surface area contributed by atoms with Crippen molar-refractivity contribution in [2.75, 3.05) is 19.6 Å². The Hall–Kier alpha value is -1.47. The van der Waals surface area contributed by atoms with Crippen molar-refractivity contribution >= 4 is 23.2 Å². The Morgan fingerprint density at radius 3 is 2.80 bits per heavy atom. The standard InChI is InChI=1S/C18H28N4O2S/c1-12-13(2)25-17(21-12)7-8-19-16(23)11-15-18(24)20-9-10-22(15)14-5-3-4-6-14/h14-15H,3-11H2,1-2H3,(H,19,23)(H,20,24). The van der Waals surface area contributed by atoms with E-state index in [-0.39, 0.29) is 24.3 Å². The van der Waals surface area contributed by atoms with Gasteiger partial charge in [0.25, 0.3) is 0 Å². The van der Waals surface area contributed by atoms with Crippen molar-refractivity contribution in [1.82, 2.24) is 20.5 Å². The van der Waals surface area contributed by atoms with Crippen LogP contribution >= 0.6 is 11.3 Å². The third-order valence-corrected chi connectivity index (χ3v) is 6.41. The van der Waals surface area contributed by atoms with Gasteiger partial charge in [-0.25, -0.2) is 4.98 Å². The number of nitrogens with zero attached hydrogens (tertiary/aromatic N) is 2. The monoisotopic (exact) mass is 364 g/mol. The highest BCUT2D eigenvalue weighted by Gasteiger charge is 2.36. The maximum Gasteiger partial charge on any atom is 0.237 e. The molecule has 1 aromatic rings. The van der Waals surface area contributed by atoms with Crippen LogP contribution in [-0.2, 0) is 16.0 Å². The normalized spacial score (nSPS) is 22.2. The van der Waals surface area contributed by atoms with Crippen molar-refractivity contribution in [3.63, 3.8) is 0 Å². The van der Waals surface area contributed by atoms with Gasteiger partial charge in [0.2, 0.25) is 11.8 Å². The smallest absolute Gasteiger partial charge is 0.237 e. The first-order valence-corrected chi connectivity index (χ1v) is 10.1. The minimum atomic E-state index is -0.318. The zero-order valence-corrected chi connectivity index (χ0v) is 16.0. The number of aryl methyl sites for hydroxylation is 2. The summed E-state index contributed by atoms with van der Waals surface area (Å²) in [6, 6.07) is 0.145. The third-order valence-electron chi connectivity index (χ3n) is 5.28. The molecule has 1 atom stereocenters. The Bertz CT molecular complexity index is 605. The molecular formula is C18H28N4O2S. The van der Waals surface area contributed by atoms with Gasteiger partial charge in [-0.2, -0.15) is 0 Å². The van der Waals surface area contributed by atoms with E-state index in [0.717, 1.165) is 36.5 Å². The van der Waals surface area contributed by atoms with Gasteiger partial charge in [0.15, 0.2) is 0 Å². The zero-order chi connectivity index (χ0) is 17.8. The summed E-state index contributed by atoms with van der Waals surface area (Å²) in [5.41, 5.74) is 1.07. The average molecular weight is 365 g/mol. The lowest BCUT2D eigenvalue weighted by Gasteiger charge is -2.38. The fourth-order valence-corrected chi connectivity index (χ4v) is 4.75. The minimum absolute atomic E-state index is 0.000488. The maximum atomic E-state index is 12.3. The van der Waals surface area contributed by atoms with Crippen LogP contribution in [0.4, 0.5) is 0 Å². The molecule has 1 aliphatic heterocycles. The number of piperazine rings is 1. The van der Waals surface area contributed by atoms with Crippen molar-refractivity contribution in [1.29, 1.82) is 0 Å². The van der Waals surface area contributed by atoms with E-state index in [1.807, 2.05) is 6.92 Å². The summed E-state index contributed by atoms with van der Waals surface area (Å²) in [6.07, 6.45) is 5.75. The largest absolute Gasteiger partial charge is 0.356 e. The quantitative estimate of drug-likeness (QED) is 0.803. The first-order valence-electron chi connectivity index (χ1n) is 9.27. The van der Waals surface area contributed by atoms with Crippen molar-refractivity contribution in [3.8, 4) is 0 Å². The van der Waals surface area contributed by atoms with E-state index in [0.29, 0.717) is 19.1 Å². The Morgan fingerprint density at radius 2 is 2.12 bits per heavy atom. The molecule has 6 nitrogen and oxygen atoms in total. The predicted octanol–water partition coefficient (Wildman–Crippen LogP) is 1.55. The van der Waals surface area contributed by atoms with E-state index in [4.69, 9.17) is 0 Å². The molecule has 1 aromatic heterocycles. The van der Waals surface area contributed by atoms with E-state index in [2.05, 4.69) is 27.4 Å². The summed E-state index contributed by atoms with van der Waals surface area (Å²) in [7, 11) is 0. The number of hydrogen-bond acceptors (Lipinski definition) is 5. The molecule has 0 spiro atoms. The maximum absolute atomic E-state index is 12.3. The lowest BCUT2D eigenvalue weighted by atomic mass is 10.0. The summed E-state index contributed by atoms with van der Waals surface area (Å²) in [4.78, 5) is 32.6. The summed E-state index contributed by atoms with van der Waals surface area (Å²) in [6.45, 7) is 6.19. The van der Waals surface area contributed by atoms with Gasteiger partial charge >= 0.3 is 0 Å². The van der Waals surface area contributed by atoms with Gasteiger partial charge in [-0.3, -0.25) is 14.5 Å². The Morgan fingerprint density at radius 1 is 1.36 bits per heavy atom. The fourth-order valence-electron chi connectivity index (χ4n) is 3.82. The molecule has 1 unspecified atom stereocenters. The van der Waals surface area contributed by atoms with Crippen molar-refractivity contribution < 1.29 is 9.59 Å². The molecular weight excluding hydrogens is 336 g/mol. The van der Waals surface area contributed by atoms with Crippen LogP contribution in [-0.4, -0.2) is 53.4 Å². The van der Waals surface area contributed by atoms with E-state index < -0.39 is 0 Å². The number of rotatable bonds is 6. The molecule has 2 amide bonds. The molecule has 2 aliphatic rings. The highest BCUT2D eigenvalue weighted by Crippen LogP contribution is 2.26. The topological polar surface area (TPSA) is 74.3 Å². The Labute approximate surface area is 153 Å². The van der Waals surface area contributed by atoms with E-state index >= 15 is 0 Å². The van der Waals surface area contributed by atoms with Crippen LogP contribution in [0, 0.1) is 13.8 Å². The number of nitrogens with one attached hydrogen (secondary N) is 2. The molecule has 2 heterocycles. The summed E-state index contributed by atoms with van der Waals surface area (Å²) < 4.78 is 0. The molecule has 0 radical (unpaired) electrons. The van der Waals surface area contributed by atoms with Gasteiger partial charge in [-0.15, -0.1) is 11.3 Å². The predicted molar refractivity (Wildman–Crippen MR) is 98.7 cm³/mol. The van der Waals surface area contributed by atoms with Gasteiger partial charge in [-0.05, 0) is 26.7 Å². The molecule has 2 fully saturated rings. The van der Waals surface area contributed by atoms with Gasteiger partial charge in [0, 0.05) is 37.0 Å². The first-order chi connectivity index (χ1) is 12.0. The second-order valence-corrected chi connectivity index (χ2v) is 8.32. The molecule has 3 rings (SSSR count). The third kappa shape index (κ3) is 4.58. The van der Waals surface area contributed by atoms with Crippen LogP contribution in [0.25, 0.3) is 0 Å². The summed E-state index contributed by atoms with van der Waals surface area (Å²) in [5, 5.41) is 6.93. The Balaban J connectivity index is 1.50. The highest BCUT2D eigenvalue weighted by molar-refractivity contribution is 7.11. The zero-order valence-electron chi connectivity index (χ0n) is 15.1. The molecule has 138 valence electrons. The molecule has 25 heavy (non-hydrogen) atoms. The molecule has 0 bridgehead atoms. The van der Waals surface area contributed by atoms with Crippen LogP contribution in [0.1, 0.15) is 47.7 Å². The van der Waals surface area contributed by atoms with E-state index in [1.165, 1.54) is 17.7 Å². The van der Waals surface area contributed by atoms with Crippen molar-refractivity contribution in [3.05, 3.63) is 15.6 Å². The lowest BCUT2D eigenvalue weighted by Crippen LogP contribution is -2.59. The van der Waals surface area contributed by atoms with Crippen molar-refractivity contribution in [2.45, 2.75) is 64.5 Å². The number of hydrogen-bond donors (Lipinski definition) is 2. The SMILES string of the molecule is Cc1nc(CCNC(=O)CC2C(=O)NCCN2C2CCCC2)sc1C. The highest BCUT2D eigenvalue weighted by atomic mass is 32.1. The van der Waals surface area contributed by atoms with Crippen LogP contribution in [0.5, 0.6) is 0 Å². The van der Waals surface area contributed by atoms with Crippen LogP contribution < -0.4 is 10.6 Å². The average Bonchev–Trinajstić information content (AvgIpc) is 3.20. The number of carbonyl (C=O) groups is 2. The van der Waals surface area contributed by atoms with E-state index in [9.17, 15) is 9.59 Å². The minimum Gasteiger partial charge on any atom is -0.356 e. The molecule has 0 aromatic carbocycles. The van der Waals surface area contributed by atoms with Gasteiger partial charge in [0.05, 0.1) is 23.2 Å². The van der Waals surface area contributed by atoms with Gasteiger partial charge < -0.3 is 10.6 Å². The number of carbonyl (C=O) groups excluding carboxylic acids is 2. The molecule has 1 aliphatic carbocycles. The second kappa shape index (κ2) is 8.27. The van der Waals surface area contributed by atoms with Crippen molar-refractivity contribution in [2.24, 2.45) is 0 Å².